The minimum atomic E-state index is -2.81. The highest BCUT2D eigenvalue weighted by Crippen LogP contribution is 2.20. The number of nitrogens with two attached hydrogens (primary N) is 1. The molecule has 1 aliphatic heterocycles. The van der Waals surface area contributed by atoms with E-state index in [4.69, 9.17) is 10.5 Å². The van der Waals surface area contributed by atoms with Crippen molar-refractivity contribution in [2.24, 2.45) is 0 Å². The summed E-state index contributed by atoms with van der Waals surface area (Å²) < 4.78 is 28.5. The van der Waals surface area contributed by atoms with Gasteiger partial charge in [0, 0.05) is 12.6 Å². The van der Waals surface area contributed by atoms with Crippen LogP contribution in [0.5, 0.6) is 5.75 Å². The Morgan fingerprint density at radius 3 is 2.80 bits per heavy atom. The molecule has 2 N–H and O–H groups in total. The standard InChI is InChI=1S/C14H22N2O3S/c1-16(12-7-10-20(17,18)11-12)8-4-9-19-14-6-3-2-5-13(14)15/h2-3,5-6,12H,4,7-11,15H2,1H3. The Bertz CT molecular complexity index is 545. The van der Waals surface area contributed by atoms with Gasteiger partial charge in [0.2, 0.25) is 0 Å². The van der Waals surface area contributed by atoms with Crippen molar-refractivity contribution >= 4 is 15.5 Å². The molecule has 5 nitrogen and oxygen atoms in total. The van der Waals surface area contributed by atoms with Crippen LogP contribution in [-0.2, 0) is 9.84 Å². The van der Waals surface area contributed by atoms with Gasteiger partial charge in [-0.25, -0.2) is 8.42 Å². The quantitative estimate of drug-likeness (QED) is 0.630. The molecule has 20 heavy (non-hydrogen) atoms. The molecular formula is C14H22N2O3S. The van der Waals surface area contributed by atoms with E-state index in [1.54, 1.807) is 0 Å². The van der Waals surface area contributed by atoms with E-state index < -0.39 is 9.84 Å². The first kappa shape index (κ1) is 15.1. The second-order valence-corrected chi connectivity index (χ2v) is 7.51. The largest absolute Gasteiger partial charge is 0.491 e. The summed E-state index contributed by atoms with van der Waals surface area (Å²) in [6.07, 6.45) is 1.59. The lowest BCUT2D eigenvalue weighted by Crippen LogP contribution is -2.34. The molecule has 0 aromatic heterocycles. The minimum absolute atomic E-state index is 0.154. The Morgan fingerprint density at radius 1 is 1.40 bits per heavy atom. The highest BCUT2D eigenvalue weighted by Gasteiger charge is 2.30. The average molecular weight is 298 g/mol. The van der Waals surface area contributed by atoms with Crippen molar-refractivity contribution in [2.75, 3.05) is 37.4 Å². The first-order valence-electron chi connectivity index (χ1n) is 6.86. The SMILES string of the molecule is CN(CCCOc1ccccc1N)C1CCS(=O)(=O)C1. The van der Waals surface area contributed by atoms with Gasteiger partial charge in [0.05, 0.1) is 23.8 Å². The number of hydrogen-bond donors (Lipinski definition) is 1. The molecule has 1 aromatic rings. The monoisotopic (exact) mass is 298 g/mol. The van der Waals surface area contributed by atoms with Crippen molar-refractivity contribution in [2.45, 2.75) is 18.9 Å². The molecule has 0 radical (unpaired) electrons. The molecule has 1 atom stereocenters. The molecule has 0 aliphatic carbocycles. The third kappa shape index (κ3) is 4.11. The highest BCUT2D eigenvalue weighted by atomic mass is 32.2. The third-order valence-electron chi connectivity index (χ3n) is 3.66. The first-order chi connectivity index (χ1) is 9.48. The highest BCUT2D eigenvalue weighted by molar-refractivity contribution is 7.91. The molecule has 1 heterocycles. The van der Waals surface area contributed by atoms with E-state index in [1.165, 1.54) is 0 Å². The van der Waals surface area contributed by atoms with E-state index in [1.807, 2.05) is 31.3 Å². The number of anilines is 1. The van der Waals surface area contributed by atoms with Gasteiger partial charge in [-0.05, 0) is 32.0 Å². The van der Waals surface area contributed by atoms with Crippen LogP contribution in [0.3, 0.4) is 0 Å². The van der Waals surface area contributed by atoms with Gasteiger partial charge in [-0.15, -0.1) is 0 Å². The van der Waals surface area contributed by atoms with E-state index >= 15 is 0 Å². The van der Waals surface area contributed by atoms with Crippen molar-refractivity contribution in [1.29, 1.82) is 0 Å². The Balaban J connectivity index is 1.70. The van der Waals surface area contributed by atoms with Gasteiger partial charge in [0.15, 0.2) is 9.84 Å². The van der Waals surface area contributed by atoms with Crippen LogP contribution in [0.2, 0.25) is 0 Å². The van der Waals surface area contributed by atoms with Crippen LogP contribution < -0.4 is 10.5 Å². The predicted octanol–water partition coefficient (Wildman–Crippen LogP) is 1.16. The van der Waals surface area contributed by atoms with Gasteiger partial charge in [-0.3, -0.25) is 0 Å². The van der Waals surface area contributed by atoms with Crippen molar-refractivity contribution in [3.05, 3.63) is 24.3 Å². The lowest BCUT2D eigenvalue weighted by atomic mass is 10.2. The summed E-state index contributed by atoms with van der Waals surface area (Å²) in [5, 5.41) is 0. The summed E-state index contributed by atoms with van der Waals surface area (Å²) in [5.41, 5.74) is 6.43. The zero-order valence-electron chi connectivity index (χ0n) is 11.8. The third-order valence-corrected chi connectivity index (χ3v) is 5.41. The molecule has 2 rings (SSSR count). The van der Waals surface area contributed by atoms with Gasteiger partial charge < -0.3 is 15.4 Å². The summed E-state index contributed by atoms with van der Waals surface area (Å²) in [6, 6.07) is 7.58. The molecule has 1 saturated heterocycles. The summed E-state index contributed by atoms with van der Waals surface area (Å²) in [4.78, 5) is 2.11. The molecule has 1 aromatic carbocycles. The topological polar surface area (TPSA) is 72.6 Å². The van der Waals surface area contributed by atoms with Crippen molar-refractivity contribution in [3.63, 3.8) is 0 Å². The van der Waals surface area contributed by atoms with Crippen molar-refractivity contribution in [1.82, 2.24) is 4.90 Å². The van der Waals surface area contributed by atoms with Crippen LogP contribution in [0.1, 0.15) is 12.8 Å². The second-order valence-electron chi connectivity index (χ2n) is 5.28. The molecule has 0 amide bonds. The molecule has 1 aliphatic rings. The summed E-state index contributed by atoms with van der Waals surface area (Å²) in [6.45, 7) is 1.41. The Hall–Kier alpha value is -1.27. The number of hydrogen-bond acceptors (Lipinski definition) is 5. The van der Waals surface area contributed by atoms with Gasteiger partial charge in [-0.2, -0.15) is 0 Å². The predicted molar refractivity (Wildman–Crippen MR) is 80.7 cm³/mol. The van der Waals surface area contributed by atoms with Gasteiger partial charge >= 0.3 is 0 Å². The number of sulfone groups is 1. The fraction of sp³-hybridized carbons (Fsp3) is 0.571. The molecule has 1 unspecified atom stereocenters. The van der Waals surface area contributed by atoms with E-state index in [0.717, 1.165) is 19.4 Å². The minimum Gasteiger partial charge on any atom is -0.491 e. The molecule has 0 saturated carbocycles. The average Bonchev–Trinajstić information content (AvgIpc) is 2.77. The summed E-state index contributed by atoms with van der Waals surface area (Å²) in [7, 11) is -0.835. The number of benzene rings is 1. The second kappa shape index (κ2) is 6.45. The number of nitrogen functional groups attached to an aromatic ring is 1. The number of para-hydroxylation sites is 2. The maximum Gasteiger partial charge on any atom is 0.151 e. The van der Waals surface area contributed by atoms with Crippen LogP contribution >= 0.6 is 0 Å². The van der Waals surface area contributed by atoms with Gasteiger partial charge in [0.1, 0.15) is 5.75 Å². The Labute approximate surface area is 120 Å². The molecule has 1 fully saturated rings. The van der Waals surface area contributed by atoms with Crippen LogP contribution in [0.15, 0.2) is 24.3 Å². The zero-order chi connectivity index (χ0) is 14.6. The number of rotatable bonds is 6. The molecular weight excluding hydrogens is 276 g/mol. The lowest BCUT2D eigenvalue weighted by molar-refractivity contribution is 0.227. The van der Waals surface area contributed by atoms with E-state index in [2.05, 4.69) is 4.90 Å². The first-order valence-corrected chi connectivity index (χ1v) is 8.68. The Morgan fingerprint density at radius 2 is 2.15 bits per heavy atom. The molecule has 112 valence electrons. The fourth-order valence-electron chi connectivity index (χ4n) is 2.41. The zero-order valence-corrected chi connectivity index (χ0v) is 12.6. The van der Waals surface area contributed by atoms with E-state index in [9.17, 15) is 8.42 Å². The summed E-state index contributed by atoms with van der Waals surface area (Å²) in [5.74, 6) is 1.31. The lowest BCUT2D eigenvalue weighted by Gasteiger charge is -2.22. The normalized spacial score (nSPS) is 21.2. The summed E-state index contributed by atoms with van der Waals surface area (Å²) >= 11 is 0. The smallest absolute Gasteiger partial charge is 0.151 e. The maximum absolute atomic E-state index is 11.4. The number of nitrogens with zero attached hydrogens (tertiary/aromatic N) is 1. The maximum atomic E-state index is 11.4. The molecule has 0 spiro atoms. The van der Waals surface area contributed by atoms with Crippen molar-refractivity contribution < 1.29 is 13.2 Å². The van der Waals surface area contributed by atoms with Crippen molar-refractivity contribution in [3.8, 4) is 5.75 Å². The van der Waals surface area contributed by atoms with Crippen LogP contribution in [0.25, 0.3) is 0 Å². The Kier molecular flexibility index (Phi) is 4.88. The van der Waals surface area contributed by atoms with Crippen LogP contribution in [0.4, 0.5) is 5.69 Å². The van der Waals surface area contributed by atoms with Crippen LogP contribution in [0, 0.1) is 0 Å². The fourth-order valence-corrected chi connectivity index (χ4v) is 4.22. The van der Waals surface area contributed by atoms with Gasteiger partial charge in [0.25, 0.3) is 0 Å². The molecule has 0 bridgehead atoms. The van der Waals surface area contributed by atoms with E-state index in [-0.39, 0.29) is 11.8 Å². The molecule has 6 heteroatoms. The van der Waals surface area contributed by atoms with Gasteiger partial charge in [-0.1, -0.05) is 12.1 Å². The van der Waals surface area contributed by atoms with Crippen LogP contribution in [-0.4, -0.2) is 51.1 Å². The van der Waals surface area contributed by atoms with E-state index in [0.29, 0.717) is 23.8 Å². The number of ether oxygens (including phenoxy) is 1.